The first kappa shape index (κ1) is 19.1. The summed E-state index contributed by atoms with van der Waals surface area (Å²) in [6.45, 7) is 4.72. The molecular weight excluding hydrogens is 334 g/mol. The van der Waals surface area contributed by atoms with E-state index in [0.717, 1.165) is 0 Å². The Hall–Kier alpha value is -1.19. The van der Waals surface area contributed by atoms with Crippen LogP contribution in [0, 0.1) is 11.8 Å². The minimum Gasteiger partial charge on any atom is -0.480 e. The van der Waals surface area contributed by atoms with Crippen LogP contribution in [0.25, 0.3) is 0 Å². The van der Waals surface area contributed by atoms with Crippen LogP contribution in [0.4, 0.5) is 0 Å². The van der Waals surface area contributed by atoms with Gasteiger partial charge in [-0.05, 0) is 25.8 Å². The van der Waals surface area contributed by atoms with Crippen molar-refractivity contribution in [3.63, 3.8) is 0 Å². The molecule has 3 atom stereocenters. The highest BCUT2D eigenvalue weighted by molar-refractivity contribution is 7.90. The van der Waals surface area contributed by atoms with Gasteiger partial charge < -0.3 is 10.0 Å². The molecular formula is C15H27N3O5S. The summed E-state index contributed by atoms with van der Waals surface area (Å²) in [6.07, 6.45) is 0.868. The maximum atomic E-state index is 12.6. The van der Waals surface area contributed by atoms with Gasteiger partial charge in [0.05, 0.1) is 0 Å². The Kier molecular flexibility index (Phi) is 5.56. The summed E-state index contributed by atoms with van der Waals surface area (Å²) in [5.41, 5.74) is 0. The lowest BCUT2D eigenvalue weighted by molar-refractivity contribution is -0.153. The van der Waals surface area contributed by atoms with Crippen molar-refractivity contribution in [3.8, 4) is 0 Å². The van der Waals surface area contributed by atoms with Crippen molar-refractivity contribution in [2.75, 3.05) is 33.7 Å². The summed E-state index contributed by atoms with van der Waals surface area (Å²) in [7, 11) is -0.0239. The second-order valence-electron chi connectivity index (χ2n) is 7.09. The number of carbonyl (C=O) groups excluding carboxylic acids is 1. The van der Waals surface area contributed by atoms with Crippen LogP contribution in [0.2, 0.25) is 0 Å². The van der Waals surface area contributed by atoms with Crippen molar-refractivity contribution in [1.82, 2.24) is 14.1 Å². The standard InChI is InChI=1S/C15H27N3O5S/c1-10(2)13(15(20)21)17(4)14(19)11-5-7-18(8-6-11)24(22,23)12-9-16(12)3/h10-13H,5-9H2,1-4H3,(H,20,21)/t12?,13-,16+/m0/s1. The molecule has 0 spiro atoms. The molecule has 1 N–H and O–H groups in total. The fraction of sp³-hybridized carbons (Fsp3) is 0.867. The van der Waals surface area contributed by atoms with Gasteiger partial charge in [0, 0.05) is 32.6 Å². The first-order chi connectivity index (χ1) is 11.1. The molecule has 0 aromatic rings. The predicted molar refractivity (Wildman–Crippen MR) is 88.7 cm³/mol. The number of hydrogen-bond acceptors (Lipinski definition) is 5. The van der Waals surface area contributed by atoms with E-state index < -0.39 is 27.4 Å². The summed E-state index contributed by atoms with van der Waals surface area (Å²) in [6, 6.07) is -0.862. The Morgan fingerprint density at radius 2 is 1.71 bits per heavy atom. The number of piperidine rings is 1. The van der Waals surface area contributed by atoms with E-state index in [-0.39, 0.29) is 17.7 Å². The molecule has 2 rings (SSSR count). The van der Waals surface area contributed by atoms with Crippen LogP contribution in [0.5, 0.6) is 0 Å². The van der Waals surface area contributed by atoms with Gasteiger partial charge in [0.1, 0.15) is 11.4 Å². The van der Waals surface area contributed by atoms with Gasteiger partial charge in [-0.25, -0.2) is 17.5 Å². The van der Waals surface area contributed by atoms with Gasteiger partial charge >= 0.3 is 5.97 Å². The van der Waals surface area contributed by atoms with E-state index in [1.807, 2.05) is 0 Å². The van der Waals surface area contributed by atoms with E-state index in [9.17, 15) is 23.1 Å². The number of sulfonamides is 1. The second-order valence-corrected chi connectivity index (χ2v) is 9.18. The number of hydrogen-bond donors (Lipinski definition) is 1. The summed E-state index contributed by atoms with van der Waals surface area (Å²) in [4.78, 5) is 27.0. The predicted octanol–water partition coefficient (Wildman–Crippen LogP) is -0.133. The Labute approximate surface area is 143 Å². The third kappa shape index (κ3) is 3.73. The zero-order chi connectivity index (χ0) is 18.2. The number of likely N-dealkylation sites (N-methyl/N-ethyl adjacent to an activating group) is 2. The molecule has 0 aliphatic carbocycles. The number of nitrogens with zero attached hydrogens (tertiary/aromatic N) is 3. The van der Waals surface area contributed by atoms with Gasteiger partial charge in [-0.3, -0.25) is 9.69 Å². The fourth-order valence-corrected chi connectivity index (χ4v) is 5.32. The average molecular weight is 361 g/mol. The lowest BCUT2D eigenvalue weighted by Crippen LogP contribution is -2.50. The molecule has 0 aromatic heterocycles. The molecule has 2 aliphatic heterocycles. The number of carboxylic acids is 1. The molecule has 8 nitrogen and oxygen atoms in total. The highest BCUT2D eigenvalue weighted by Gasteiger charge is 2.46. The highest BCUT2D eigenvalue weighted by Crippen LogP contribution is 2.29. The molecule has 0 radical (unpaired) electrons. The normalized spacial score (nSPS) is 27.0. The topological polar surface area (TPSA) is 98.0 Å². The van der Waals surface area contributed by atoms with E-state index in [0.29, 0.717) is 32.5 Å². The summed E-state index contributed by atoms with van der Waals surface area (Å²) in [5.74, 6) is -1.74. The van der Waals surface area contributed by atoms with Gasteiger partial charge in [0.25, 0.3) is 0 Å². The minimum absolute atomic E-state index is 0.192. The second kappa shape index (κ2) is 6.97. The zero-order valence-corrected chi connectivity index (χ0v) is 15.5. The van der Waals surface area contributed by atoms with E-state index in [4.69, 9.17) is 0 Å². The van der Waals surface area contributed by atoms with Crippen LogP contribution < -0.4 is 0 Å². The summed E-state index contributed by atoms with van der Waals surface area (Å²) in [5, 5.41) is 8.89. The maximum Gasteiger partial charge on any atom is 0.326 e. The molecule has 138 valence electrons. The number of aliphatic carboxylic acids is 1. The molecule has 9 heteroatoms. The Morgan fingerprint density at radius 1 is 1.21 bits per heavy atom. The maximum absolute atomic E-state index is 12.6. The van der Waals surface area contributed by atoms with Crippen molar-refractivity contribution >= 4 is 21.9 Å². The monoisotopic (exact) mass is 361 g/mol. The van der Waals surface area contributed by atoms with Crippen molar-refractivity contribution < 1.29 is 23.1 Å². The van der Waals surface area contributed by atoms with E-state index >= 15 is 0 Å². The van der Waals surface area contributed by atoms with Crippen molar-refractivity contribution in [2.45, 2.75) is 38.1 Å². The smallest absolute Gasteiger partial charge is 0.326 e. The molecule has 1 amide bonds. The van der Waals surface area contributed by atoms with Crippen molar-refractivity contribution in [3.05, 3.63) is 0 Å². The fourth-order valence-electron chi connectivity index (χ4n) is 3.37. The number of carboxylic acid groups (broad SMARTS) is 1. The van der Waals surface area contributed by atoms with Crippen molar-refractivity contribution in [1.29, 1.82) is 0 Å². The van der Waals surface area contributed by atoms with Gasteiger partial charge in [-0.1, -0.05) is 13.8 Å². The summed E-state index contributed by atoms with van der Waals surface area (Å²) < 4.78 is 26.2. The first-order valence-electron chi connectivity index (χ1n) is 8.26. The Bertz CT molecular complexity index is 598. The Balaban J connectivity index is 1.96. The van der Waals surface area contributed by atoms with Crippen LogP contribution in [0.3, 0.4) is 0 Å². The van der Waals surface area contributed by atoms with Gasteiger partial charge in [-0.2, -0.15) is 0 Å². The molecule has 1 unspecified atom stereocenters. The van der Waals surface area contributed by atoms with E-state index in [1.165, 1.54) is 16.3 Å². The van der Waals surface area contributed by atoms with Gasteiger partial charge in [-0.15, -0.1) is 0 Å². The van der Waals surface area contributed by atoms with Crippen LogP contribution in [-0.2, 0) is 19.6 Å². The lowest BCUT2D eigenvalue weighted by Gasteiger charge is -2.35. The van der Waals surface area contributed by atoms with Crippen LogP contribution in [0.1, 0.15) is 26.7 Å². The van der Waals surface area contributed by atoms with Crippen LogP contribution in [0.15, 0.2) is 0 Å². The molecule has 0 saturated carbocycles. The van der Waals surface area contributed by atoms with Gasteiger partial charge in [0.15, 0.2) is 0 Å². The number of carbonyl (C=O) groups is 2. The van der Waals surface area contributed by atoms with E-state index in [2.05, 4.69) is 0 Å². The third-order valence-electron chi connectivity index (χ3n) is 4.96. The van der Waals surface area contributed by atoms with Crippen LogP contribution in [-0.4, -0.2) is 84.7 Å². The quantitative estimate of drug-likeness (QED) is 0.662. The highest BCUT2D eigenvalue weighted by atomic mass is 32.2. The number of amides is 1. The molecule has 2 fully saturated rings. The molecule has 24 heavy (non-hydrogen) atoms. The van der Waals surface area contributed by atoms with Gasteiger partial charge in [0.2, 0.25) is 15.9 Å². The molecule has 0 aromatic carbocycles. The third-order valence-corrected chi connectivity index (χ3v) is 7.24. The average Bonchev–Trinajstić information content (AvgIpc) is 3.23. The van der Waals surface area contributed by atoms with E-state index in [1.54, 1.807) is 25.8 Å². The first-order valence-corrected chi connectivity index (χ1v) is 9.76. The largest absolute Gasteiger partial charge is 0.480 e. The lowest BCUT2D eigenvalue weighted by atomic mass is 9.94. The molecule has 0 bridgehead atoms. The Morgan fingerprint density at radius 3 is 2.08 bits per heavy atom. The van der Waals surface area contributed by atoms with Crippen LogP contribution >= 0.6 is 0 Å². The van der Waals surface area contributed by atoms with Crippen molar-refractivity contribution in [2.24, 2.45) is 11.8 Å². The molecule has 2 saturated heterocycles. The minimum atomic E-state index is -3.31. The summed E-state index contributed by atoms with van der Waals surface area (Å²) >= 11 is 0. The zero-order valence-electron chi connectivity index (χ0n) is 14.7. The molecule has 2 heterocycles. The SMILES string of the molecule is CC(C)[C@@H](C(=O)O)N(C)C(=O)C1CCN(S(=O)(=O)C2C[N@@]2C)CC1. The number of rotatable bonds is 6. The molecule has 2 aliphatic rings.